The van der Waals surface area contributed by atoms with E-state index in [1.165, 1.54) is 24.3 Å². The van der Waals surface area contributed by atoms with Crippen molar-refractivity contribution in [1.82, 2.24) is 0 Å². The molecule has 0 unspecified atom stereocenters. The van der Waals surface area contributed by atoms with E-state index in [1.54, 1.807) is 12.1 Å². The third-order valence-electron chi connectivity index (χ3n) is 3.14. The number of halogens is 1. The van der Waals surface area contributed by atoms with Gasteiger partial charge in [-0.15, -0.1) is 0 Å². The zero-order chi connectivity index (χ0) is 13.0. The maximum Gasteiger partial charge on any atom is 0.335 e. The lowest BCUT2D eigenvalue weighted by molar-refractivity contribution is 0.0697. The highest BCUT2D eigenvalue weighted by Gasteiger charge is 2.14. The summed E-state index contributed by atoms with van der Waals surface area (Å²) in [6.07, 6.45) is 2.53. The number of carbonyl (C=O) groups is 1. The summed E-state index contributed by atoms with van der Waals surface area (Å²) in [7, 11) is 0. The van der Waals surface area contributed by atoms with Crippen LogP contribution in [-0.4, -0.2) is 29.1 Å². The van der Waals surface area contributed by atoms with Crippen LogP contribution in [0.4, 0.5) is 5.69 Å². The van der Waals surface area contributed by atoms with Crippen LogP contribution in [0.25, 0.3) is 0 Å². The molecule has 0 aromatic heterocycles. The van der Waals surface area contributed by atoms with E-state index in [1.807, 2.05) is 17.8 Å². The molecule has 3 nitrogen and oxygen atoms in total. The maximum absolute atomic E-state index is 10.8. The van der Waals surface area contributed by atoms with Crippen LogP contribution in [0.15, 0.2) is 22.7 Å². The monoisotopic (exact) mass is 329 g/mol. The van der Waals surface area contributed by atoms with E-state index in [0.29, 0.717) is 5.56 Å². The molecule has 0 aliphatic carbocycles. The van der Waals surface area contributed by atoms with Crippen LogP contribution < -0.4 is 5.32 Å². The lowest BCUT2D eigenvalue weighted by Gasteiger charge is -2.22. The van der Waals surface area contributed by atoms with Crippen molar-refractivity contribution in [2.24, 2.45) is 5.92 Å². The number of nitrogens with one attached hydrogen (secondary N) is 1. The summed E-state index contributed by atoms with van der Waals surface area (Å²) in [5, 5.41) is 12.3. The minimum atomic E-state index is -0.897. The van der Waals surface area contributed by atoms with E-state index in [9.17, 15) is 4.79 Å². The lowest BCUT2D eigenvalue weighted by atomic mass is 10.0. The van der Waals surface area contributed by atoms with Gasteiger partial charge in [0.15, 0.2) is 0 Å². The summed E-state index contributed by atoms with van der Waals surface area (Å²) in [6.45, 7) is 0.964. The second kappa shape index (κ2) is 6.48. The number of carboxylic acids is 1. The second-order valence-electron chi connectivity index (χ2n) is 4.44. The van der Waals surface area contributed by atoms with Crippen LogP contribution in [0, 0.1) is 5.92 Å². The SMILES string of the molecule is O=C(O)c1ccc(NCC2CCSCC2)c(Br)c1. The van der Waals surface area contributed by atoms with Gasteiger partial charge in [-0.25, -0.2) is 4.79 Å². The quantitative estimate of drug-likeness (QED) is 0.884. The minimum Gasteiger partial charge on any atom is -0.478 e. The summed E-state index contributed by atoms with van der Waals surface area (Å²) in [5.74, 6) is 2.35. The Hall–Kier alpha value is -0.680. The van der Waals surface area contributed by atoms with E-state index < -0.39 is 5.97 Å². The minimum absolute atomic E-state index is 0.307. The number of anilines is 1. The molecule has 98 valence electrons. The van der Waals surface area contributed by atoms with E-state index >= 15 is 0 Å². The third-order valence-corrected chi connectivity index (χ3v) is 4.84. The van der Waals surface area contributed by atoms with Crippen molar-refractivity contribution in [2.75, 3.05) is 23.4 Å². The fourth-order valence-electron chi connectivity index (χ4n) is 2.00. The number of thioether (sulfide) groups is 1. The summed E-state index contributed by atoms with van der Waals surface area (Å²) in [4.78, 5) is 10.8. The highest BCUT2D eigenvalue weighted by molar-refractivity contribution is 9.10. The fourth-order valence-corrected chi connectivity index (χ4v) is 3.72. The van der Waals surface area contributed by atoms with Gasteiger partial charge < -0.3 is 10.4 Å². The maximum atomic E-state index is 10.8. The molecule has 1 fully saturated rings. The van der Waals surface area contributed by atoms with E-state index in [2.05, 4.69) is 21.2 Å². The molecule has 0 amide bonds. The molecule has 5 heteroatoms. The van der Waals surface area contributed by atoms with Crippen molar-refractivity contribution >= 4 is 39.3 Å². The van der Waals surface area contributed by atoms with E-state index in [0.717, 1.165) is 22.6 Å². The van der Waals surface area contributed by atoms with Crippen molar-refractivity contribution in [1.29, 1.82) is 0 Å². The summed E-state index contributed by atoms with van der Waals surface area (Å²) >= 11 is 5.44. The van der Waals surface area contributed by atoms with Gasteiger partial charge >= 0.3 is 5.97 Å². The van der Waals surface area contributed by atoms with Crippen molar-refractivity contribution < 1.29 is 9.90 Å². The van der Waals surface area contributed by atoms with Gasteiger partial charge in [0.1, 0.15) is 0 Å². The van der Waals surface area contributed by atoms with Crippen LogP contribution in [0.5, 0.6) is 0 Å². The van der Waals surface area contributed by atoms with Crippen LogP contribution in [0.1, 0.15) is 23.2 Å². The second-order valence-corrected chi connectivity index (χ2v) is 6.52. The van der Waals surface area contributed by atoms with Crippen molar-refractivity contribution in [3.05, 3.63) is 28.2 Å². The van der Waals surface area contributed by atoms with Crippen LogP contribution >= 0.6 is 27.7 Å². The van der Waals surface area contributed by atoms with Gasteiger partial charge in [-0.3, -0.25) is 0 Å². The largest absolute Gasteiger partial charge is 0.478 e. The summed E-state index contributed by atoms with van der Waals surface area (Å²) in [6, 6.07) is 5.10. The van der Waals surface area contributed by atoms with Crippen LogP contribution in [0.2, 0.25) is 0 Å². The molecule has 1 heterocycles. The molecule has 0 bridgehead atoms. The Balaban J connectivity index is 1.94. The van der Waals surface area contributed by atoms with Gasteiger partial charge in [0.2, 0.25) is 0 Å². The molecule has 0 radical (unpaired) electrons. The van der Waals surface area contributed by atoms with Crippen LogP contribution in [0.3, 0.4) is 0 Å². The smallest absolute Gasteiger partial charge is 0.335 e. The van der Waals surface area contributed by atoms with Gasteiger partial charge in [0.05, 0.1) is 5.56 Å². The topological polar surface area (TPSA) is 49.3 Å². The van der Waals surface area contributed by atoms with Crippen LogP contribution in [-0.2, 0) is 0 Å². The Morgan fingerprint density at radius 3 is 2.78 bits per heavy atom. The molecule has 1 aromatic carbocycles. The Morgan fingerprint density at radius 2 is 2.17 bits per heavy atom. The molecular formula is C13H16BrNO2S. The molecule has 0 saturated carbocycles. The first-order chi connectivity index (χ1) is 8.66. The third kappa shape index (κ3) is 3.65. The van der Waals surface area contributed by atoms with Gasteiger partial charge in [-0.1, -0.05) is 0 Å². The number of rotatable bonds is 4. The zero-order valence-electron chi connectivity index (χ0n) is 9.99. The molecule has 1 aliphatic rings. The molecule has 2 N–H and O–H groups in total. The first kappa shape index (κ1) is 13.7. The number of hydrogen-bond donors (Lipinski definition) is 2. The molecule has 1 aromatic rings. The molecule has 1 saturated heterocycles. The fraction of sp³-hybridized carbons (Fsp3) is 0.462. The zero-order valence-corrected chi connectivity index (χ0v) is 12.4. The Labute approximate surface area is 119 Å². The van der Waals surface area contributed by atoms with Crippen molar-refractivity contribution in [2.45, 2.75) is 12.8 Å². The molecule has 1 aliphatic heterocycles. The predicted molar refractivity (Wildman–Crippen MR) is 79.6 cm³/mol. The average molecular weight is 330 g/mol. The van der Waals surface area contributed by atoms with Crippen molar-refractivity contribution in [3.63, 3.8) is 0 Å². The number of aromatic carboxylic acids is 1. The van der Waals surface area contributed by atoms with Gasteiger partial charge in [-0.2, -0.15) is 11.8 Å². The number of hydrogen-bond acceptors (Lipinski definition) is 3. The highest BCUT2D eigenvalue weighted by atomic mass is 79.9. The number of carboxylic acid groups (broad SMARTS) is 1. The van der Waals surface area contributed by atoms with E-state index in [-0.39, 0.29) is 0 Å². The Morgan fingerprint density at radius 1 is 1.44 bits per heavy atom. The molecule has 0 spiro atoms. The Bertz CT molecular complexity index is 433. The molecule has 2 rings (SSSR count). The van der Waals surface area contributed by atoms with Gasteiger partial charge in [0, 0.05) is 16.7 Å². The van der Waals surface area contributed by atoms with Crippen molar-refractivity contribution in [3.8, 4) is 0 Å². The average Bonchev–Trinajstić information content (AvgIpc) is 2.38. The summed E-state index contributed by atoms with van der Waals surface area (Å²) < 4.78 is 0.813. The standard InChI is InChI=1S/C13H16BrNO2S/c14-11-7-10(13(16)17)1-2-12(11)15-8-9-3-5-18-6-4-9/h1-2,7,9,15H,3-6,8H2,(H,16,17). The molecule has 0 atom stereocenters. The van der Waals surface area contributed by atoms with Gasteiger partial charge in [0.25, 0.3) is 0 Å². The van der Waals surface area contributed by atoms with E-state index in [4.69, 9.17) is 5.11 Å². The molecule has 18 heavy (non-hydrogen) atoms. The molecular weight excluding hydrogens is 314 g/mol. The first-order valence-corrected chi connectivity index (χ1v) is 7.96. The lowest BCUT2D eigenvalue weighted by Crippen LogP contribution is -2.19. The summed E-state index contributed by atoms with van der Waals surface area (Å²) in [5.41, 5.74) is 1.28. The van der Waals surface area contributed by atoms with Gasteiger partial charge in [-0.05, 0) is 64.4 Å². The first-order valence-electron chi connectivity index (χ1n) is 6.01. The normalized spacial score (nSPS) is 16.5. The highest BCUT2D eigenvalue weighted by Crippen LogP contribution is 2.26. The number of benzene rings is 1. The Kier molecular flexibility index (Phi) is 4.95. The predicted octanol–water partition coefficient (Wildman–Crippen LogP) is 3.70.